The van der Waals surface area contributed by atoms with E-state index in [9.17, 15) is 19.7 Å². The third-order valence-electron chi connectivity index (χ3n) is 2.27. The average Bonchev–Trinajstić information content (AvgIpc) is 1.97. The number of hydrogen-bond donors (Lipinski definition) is 0. The van der Waals surface area contributed by atoms with Crippen LogP contribution in [0, 0.1) is 15.5 Å². The van der Waals surface area contributed by atoms with Crippen LogP contribution in [0.5, 0.6) is 0 Å². The molecule has 6 heteroatoms. The van der Waals surface area contributed by atoms with Gasteiger partial charge in [0.2, 0.25) is 11.6 Å². The Labute approximate surface area is 94.5 Å². The van der Waals surface area contributed by atoms with Crippen molar-refractivity contribution in [2.24, 2.45) is 5.41 Å². The standard InChI is InChI=1S/C8H10INO4/c1-7(2)3-5(11)8(9,10(13)14)6(12)4-7/h3-4H2,1-2H3. The van der Waals surface area contributed by atoms with Crippen molar-refractivity contribution in [1.29, 1.82) is 0 Å². The van der Waals surface area contributed by atoms with E-state index in [1.807, 2.05) is 0 Å². The Hall–Kier alpha value is -0.530. The topological polar surface area (TPSA) is 77.3 Å². The Kier molecular flexibility index (Phi) is 2.68. The number of carbonyl (C=O) groups is 2. The molecule has 0 heterocycles. The second-order valence-corrected chi connectivity index (χ2v) is 5.80. The maximum atomic E-state index is 11.5. The molecule has 0 aromatic carbocycles. The van der Waals surface area contributed by atoms with Crippen LogP contribution in [0.15, 0.2) is 0 Å². The summed E-state index contributed by atoms with van der Waals surface area (Å²) in [4.78, 5) is 32.9. The number of alkyl halides is 1. The van der Waals surface area contributed by atoms with E-state index in [4.69, 9.17) is 0 Å². The van der Waals surface area contributed by atoms with Gasteiger partial charge in [0.25, 0.3) is 0 Å². The van der Waals surface area contributed by atoms with Crippen LogP contribution in [0.2, 0.25) is 0 Å². The number of nitro groups is 1. The maximum absolute atomic E-state index is 11.5. The number of carbonyl (C=O) groups excluding carboxylic acids is 2. The Balaban J connectivity index is 3.09. The van der Waals surface area contributed by atoms with Gasteiger partial charge >= 0.3 is 3.55 Å². The highest BCUT2D eigenvalue weighted by Gasteiger charge is 2.60. The van der Waals surface area contributed by atoms with E-state index >= 15 is 0 Å². The van der Waals surface area contributed by atoms with Crippen molar-refractivity contribution in [3.63, 3.8) is 0 Å². The molecule has 5 nitrogen and oxygen atoms in total. The highest BCUT2D eigenvalue weighted by molar-refractivity contribution is 14.1. The third kappa shape index (κ3) is 1.67. The van der Waals surface area contributed by atoms with Gasteiger partial charge in [-0.3, -0.25) is 19.7 Å². The first kappa shape index (κ1) is 11.5. The summed E-state index contributed by atoms with van der Waals surface area (Å²) < 4.78 is -2.03. The van der Waals surface area contributed by atoms with Crippen LogP contribution in [0.3, 0.4) is 0 Å². The molecular formula is C8H10INO4. The van der Waals surface area contributed by atoms with Gasteiger partial charge in [-0.2, -0.15) is 0 Å². The number of halogens is 1. The van der Waals surface area contributed by atoms with E-state index in [1.165, 1.54) is 22.6 Å². The molecule has 0 saturated heterocycles. The minimum Gasteiger partial charge on any atom is -0.290 e. The predicted octanol–water partition coefficient (Wildman–Crippen LogP) is 1.35. The van der Waals surface area contributed by atoms with Gasteiger partial charge in [0, 0.05) is 35.4 Å². The molecule has 0 aromatic heterocycles. The number of hydrogen-bond acceptors (Lipinski definition) is 4. The molecule has 0 spiro atoms. The van der Waals surface area contributed by atoms with Gasteiger partial charge in [-0.25, -0.2) is 0 Å². The van der Waals surface area contributed by atoms with Crippen LogP contribution in [0.25, 0.3) is 0 Å². The van der Waals surface area contributed by atoms with Crippen LogP contribution in [-0.2, 0) is 9.59 Å². The monoisotopic (exact) mass is 311 g/mol. The summed E-state index contributed by atoms with van der Waals surface area (Å²) in [5.41, 5.74) is -0.446. The van der Waals surface area contributed by atoms with E-state index in [0.717, 1.165) is 0 Å². The van der Waals surface area contributed by atoms with Crippen LogP contribution >= 0.6 is 22.6 Å². The highest BCUT2D eigenvalue weighted by Crippen LogP contribution is 2.40. The first-order valence-electron chi connectivity index (χ1n) is 4.10. The fourth-order valence-electron chi connectivity index (χ4n) is 1.53. The van der Waals surface area contributed by atoms with E-state index in [-0.39, 0.29) is 12.8 Å². The zero-order chi connectivity index (χ0) is 11.1. The maximum Gasteiger partial charge on any atom is 0.382 e. The minimum absolute atomic E-state index is 0.0860. The van der Waals surface area contributed by atoms with E-state index in [0.29, 0.717) is 0 Å². The zero-order valence-corrected chi connectivity index (χ0v) is 10.0. The fraction of sp³-hybridized carbons (Fsp3) is 0.750. The van der Waals surface area contributed by atoms with Gasteiger partial charge in [0.05, 0.1) is 4.92 Å². The molecule has 0 bridgehead atoms. The van der Waals surface area contributed by atoms with Gasteiger partial charge in [-0.05, 0) is 5.41 Å². The van der Waals surface area contributed by atoms with Crippen LogP contribution in [-0.4, -0.2) is 20.0 Å². The molecule has 0 N–H and O–H groups in total. The molecule has 0 amide bonds. The Morgan fingerprint density at radius 1 is 1.29 bits per heavy atom. The van der Waals surface area contributed by atoms with Gasteiger partial charge in [-0.1, -0.05) is 13.8 Å². The van der Waals surface area contributed by atoms with Crippen molar-refractivity contribution in [2.45, 2.75) is 30.2 Å². The average molecular weight is 311 g/mol. The first-order valence-corrected chi connectivity index (χ1v) is 5.18. The third-order valence-corrected chi connectivity index (χ3v) is 3.87. The molecule has 0 radical (unpaired) electrons. The Bertz CT molecular complexity index is 303. The van der Waals surface area contributed by atoms with Gasteiger partial charge in [0.1, 0.15) is 0 Å². The van der Waals surface area contributed by atoms with E-state index in [2.05, 4.69) is 0 Å². The fourth-order valence-corrected chi connectivity index (χ4v) is 1.91. The molecule has 1 rings (SSSR count). The number of ketones is 2. The second-order valence-electron chi connectivity index (χ2n) is 4.24. The van der Waals surface area contributed by atoms with Gasteiger partial charge < -0.3 is 0 Å². The lowest BCUT2D eigenvalue weighted by atomic mass is 9.74. The summed E-state index contributed by atoms with van der Waals surface area (Å²) in [5, 5.41) is 10.7. The summed E-state index contributed by atoms with van der Waals surface area (Å²) in [6.45, 7) is 3.53. The van der Waals surface area contributed by atoms with Gasteiger partial charge in [-0.15, -0.1) is 0 Å². The smallest absolute Gasteiger partial charge is 0.290 e. The van der Waals surface area contributed by atoms with Crippen LogP contribution in [0.1, 0.15) is 26.7 Å². The Morgan fingerprint density at radius 2 is 1.64 bits per heavy atom. The quantitative estimate of drug-likeness (QED) is 0.183. The molecule has 14 heavy (non-hydrogen) atoms. The minimum atomic E-state index is -2.03. The molecule has 0 atom stereocenters. The summed E-state index contributed by atoms with van der Waals surface area (Å²) in [6, 6.07) is 0. The van der Waals surface area contributed by atoms with Crippen molar-refractivity contribution in [1.82, 2.24) is 0 Å². The van der Waals surface area contributed by atoms with E-state index in [1.54, 1.807) is 13.8 Å². The molecule has 1 aliphatic carbocycles. The summed E-state index contributed by atoms with van der Waals surface area (Å²) in [6.07, 6.45) is 0.172. The van der Waals surface area contributed by atoms with Crippen molar-refractivity contribution in [2.75, 3.05) is 0 Å². The van der Waals surface area contributed by atoms with Crippen molar-refractivity contribution >= 4 is 34.2 Å². The molecule has 0 aliphatic heterocycles. The zero-order valence-electron chi connectivity index (χ0n) is 7.87. The largest absolute Gasteiger partial charge is 0.382 e. The molecular weight excluding hydrogens is 301 g/mol. The Morgan fingerprint density at radius 3 is 1.93 bits per heavy atom. The second kappa shape index (κ2) is 3.25. The van der Waals surface area contributed by atoms with Crippen LogP contribution in [0.4, 0.5) is 0 Å². The van der Waals surface area contributed by atoms with Crippen molar-refractivity contribution in [3.8, 4) is 0 Å². The van der Waals surface area contributed by atoms with Crippen molar-refractivity contribution in [3.05, 3.63) is 10.1 Å². The number of Topliss-reactive ketones (excluding diaryl/α,β-unsaturated/α-hetero) is 2. The summed E-state index contributed by atoms with van der Waals surface area (Å²) >= 11 is 1.35. The predicted molar refractivity (Wildman–Crippen MR) is 56.8 cm³/mol. The van der Waals surface area contributed by atoms with E-state index < -0.39 is 25.5 Å². The highest BCUT2D eigenvalue weighted by atomic mass is 127. The molecule has 1 fully saturated rings. The van der Waals surface area contributed by atoms with Crippen LogP contribution < -0.4 is 0 Å². The summed E-state index contributed by atoms with van der Waals surface area (Å²) in [7, 11) is 0. The SMILES string of the molecule is CC1(C)CC(=O)C(I)([N+](=O)[O-])C(=O)C1. The molecule has 1 aliphatic rings. The molecule has 0 aromatic rings. The van der Waals surface area contributed by atoms with Crippen molar-refractivity contribution < 1.29 is 14.5 Å². The van der Waals surface area contributed by atoms with Gasteiger partial charge in [0.15, 0.2) is 0 Å². The lowest BCUT2D eigenvalue weighted by Gasteiger charge is -2.31. The lowest BCUT2D eigenvalue weighted by Crippen LogP contribution is -2.54. The number of rotatable bonds is 1. The molecule has 0 unspecified atom stereocenters. The normalized spacial score (nSPS) is 24.8. The molecule has 1 saturated carbocycles. The lowest BCUT2D eigenvalue weighted by molar-refractivity contribution is -0.502. The first-order chi connectivity index (χ1) is 6.20. The summed E-state index contributed by atoms with van der Waals surface area (Å²) in [5.74, 6) is -1.19. The molecule has 78 valence electrons. The number of nitrogens with zero attached hydrogens (tertiary/aromatic N) is 1.